The standard InChI is InChI=1S/C12H15F2NO2/c1-2-8(7-16)12(17)15-6-9-3-4-10(13)5-11(9)14/h3-5,8,16H,2,6-7H2,1H3,(H,15,17). The highest BCUT2D eigenvalue weighted by Crippen LogP contribution is 2.09. The SMILES string of the molecule is CCC(CO)C(=O)NCc1ccc(F)cc1F. The lowest BCUT2D eigenvalue weighted by Crippen LogP contribution is -2.32. The molecule has 0 aliphatic carbocycles. The zero-order valence-corrected chi connectivity index (χ0v) is 9.54. The molecule has 0 aliphatic heterocycles. The molecule has 17 heavy (non-hydrogen) atoms. The molecular weight excluding hydrogens is 228 g/mol. The highest BCUT2D eigenvalue weighted by molar-refractivity contribution is 5.78. The summed E-state index contributed by atoms with van der Waals surface area (Å²) in [6, 6.07) is 3.18. The van der Waals surface area contributed by atoms with Crippen molar-refractivity contribution in [3.05, 3.63) is 35.4 Å². The van der Waals surface area contributed by atoms with Crippen LogP contribution < -0.4 is 5.32 Å². The van der Waals surface area contributed by atoms with Crippen molar-refractivity contribution < 1.29 is 18.7 Å². The zero-order chi connectivity index (χ0) is 12.8. The summed E-state index contributed by atoms with van der Waals surface area (Å²) in [5, 5.41) is 11.4. The molecule has 0 bridgehead atoms. The molecule has 94 valence electrons. The van der Waals surface area contributed by atoms with Crippen LogP contribution in [0.4, 0.5) is 8.78 Å². The Balaban J connectivity index is 2.58. The van der Waals surface area contributed by atoms with E-state index in [0.29, 0.717) is 6.42 Å². The van der Waals surface area contributed by atoms with E-state index in [1.165, 1.54) is 6.07 Å². The molecular formula is C12H15F2NO2. The van der Waals surface area contributed by atoms with Crippen molar-refractivity contribution in [2.75, 3.05) is 6.61 Å². The second kappa shape index (κ2) is 6.30. The van der Waals surface area contributed by atoms with E-state index in [-0.39, 0.29) is 24.6 Å². The van der Waals surface area contributed by atoms with Gasteiger partial charge in [0.05, 0.1) is 12.5 Å². The Morgan fingerprint density at radius 3 is 2.71 bits per heavy atom. The average Bonchev–Trinajstić information content (AvgIpc) is 2.29. The molecule has 0 heterocycles. The van der Waals surface area contributed by atoms with Crippen molar-refractivity contribution in [3.63, 3.8) is 0 Å². The highest BCUT2D eigenvalue weighted by atomic mass is 19.1. The molecule has 0 aromatic heterocycles. The van der Waals surface area contributed by atoms with E-state index >= 15 is 0 Å². The van der Waals surface area contributed by atoms with E-state index in [9.17, 15) is 13.6 Å². The fraction of sp³-hybridized carbons (Fsp3) is 0.417. The topological polar surface area (TPSA) is 49.3 Å². The van der Waals surface area contributed by atoms with E-state index < -0.39 is 17.6 Å². The first-order chi connectivity index (χ1) is 8.08. The zero-order valence-electron chi connectivity index (χ0n) is 9.54. The molecule has 2 N–H and O–H groups in total. The summed E-state index contributed by atoms with van der Waals surface area (Å²) >= 11 is 0. The van der Waals surface area contributed by atoms with Crippen molar-refractivity contribution in [1.29, 1.82) is 0 Å². The fourth-order valence-electron chi connectivity index (χ4n) is 1.39. The van der Waals surface area contributed by atoms with Crippen LogP contribution in [0.5, 0.6) is 0 Å². The van der Waals surface area contributed by atoms with Gasteiger partial charge in [-0.25, -0.2) is 8.78 Å². The number of amides is 1. The van der Waals surface area contributed by atoms with Crippen molar-refractivity contribution in [2.45, 2.75) is 19.9 Å². The number of aliphatic hydroxyl groups excluding tert-OH is 1. The van der Waals surface area contributed by atoms with Gasteiger partial charge in [0.15, 0.2) is 0 Å². The molecule has 0 saturated heterocycles. The lowest BCUT2D eigenvalue weighted by atomic mass is 10.1. The van der Waals surface area contributed by atoms with Gasteiger partial charge in [0, 0.05) is 18.2 Å². The predicted molar refractivity (Wildman–Crippen MR) is 59.1 cm³/mol. The normalized spacial score (nSPS) is 12.2. The number of hydrogen-bond donors (Lipinski definition) is 2. The van der Waals surface area contributed by atoms with Crippen LogP contribution >= 0.6 is 0 Å². The summed E-state index contributed by atoms with van der Waals surface area (Å²) in [6.45, 7) is 1.52. The summed E-state index contributed by atoms with van der Waals surface area (Å²) in [5.74, 6) is -2.17. The third-order valence-corrected chi connectivity index (χ3v) is 2.55. The van der Waals surface area contributed by atoms with Crippen LogP contribution in [0.1, 0.15) is 18.9 Å². The number of carbonyl (C=O) groups excluding carboxylic acids is 1. The molecule has 3 nitrogen and oxygen atoms in total. The maximum atomic E-state index is 13.2. The van der Waals surface area contributed by atoms with Crippen LogP contribution in [-0.4, -0.2) is 17.6 Å². The molecule has 1 aromatic carbocycles. The van der Waals surface area contributed by atoms with Crippen LogP contribution in [0.2, 0.25) is 0 Å². The number of nitrogens with one attached hydrogen (secondary N) is 1. The molecule has 1 amide bonds. The van der Waals surface area contributed by atoms with Crippen molar-refractivity contribution in [3.8, 4) is 0 Å². The molecule has 0 fully saturated rings. The first-order valence-corrected chi connectivity index (χ1v) is 5.41. The Morgan fingerprint density at radius 1 is 1.47 bits per heavy atom. The van der Waals surface area contributed by atoms with Gasteiger partial charge in [-0.1, -0.05) is 13.0 Å². The molecule has 1 unspecified atom stereocenters. The van der Waals surface area contributed by atoms with Crippen LogP contribution in [0.25, 0.3) is 0 Å². The number of aliphatic hydroxyl groups is 1. The van der Waals surface area contributed by atoms with Gasteiger partial charge < -0.3 is 10.4 Å². The van der Waals surface area contributed by atoms with Gasteiger partial charge in [0.1, 0.15) is 11.6 Å². The van der Waals surface area contributed by atoms with Gasteiger partial charge >= 0.3 is 0 Å². The minimum absolute atomic E-state index is 0.0125. The molecule has 1 rings (SSSR count). The summed E-state index contributed by atoms with van der Waals surface area (Å²) in [6.07, 6.45) is 0.508. The van der Waals surface area contributed by atoms with E-state index in [2.05, 4.69) is 5.32 Å². The summed E-state index contributed by atoms with van der Waals surface area (Å²) in [7, 11) is 0. The number of benzene rings is 1. The second-order valence-electron chi connectivity index (χ2n) is 3.74. The van der Waals surface area contributed by atoms with E-state index in [1.54, 1.807) is 6.92 Å². The van der Waals surface area contributed by atoms with Crippen LogP contribution in [0.3, 0.4) is 0 Å². The van der Waals surface area contributed by atoms with E-state index in [4.69, 9.17) is 5.11 Å². The van der Waals surface area contributed by atoms with Crippen LogP contribution in [-0.2, 0) is 11.3 Å². The minimum atomic E-state index is -0.692. The number of rotatable bonds is 5. The van der Waals surface area contributed by atoms with Gasteiger partial charge in [-0.3, -0.25) is 4.79 Å². The van der Waals surface area contributed by atoms with Crippen LogP contribution in [0.15, 0.2) is 18.2 Å². The van der Waals surface area contributed by atoms with Gasteiger partial charge in [0.2, 0.25) is 5.91 Å². The molecule has 1 aromatic rings. The third kappa shape index (κ3) is 3.78. The Labute approximate surface area is 98.5 Å². The molecule has 0 spiro atoms. The van der Waals surface area contributed by atoms with E-state index in [0.717, 1.165) is 12.1 Å². The van der Waals surface area contributed by atoms with Gasteiger partial charge in [0.25, 0.3) is 0 Å². The largest absolute Gasteiger partial charge is 0.396 e. The molecule has 1 atom stereocenters. The molecule has 5 heteroatoms. The number of carbonyl (C=O) groups is 1. The van der Waals surface area contributed by atoms with Gasteiger partial charge in [-0.2, -0.15) is 0 Å². The summed E-state index contributed by atoms with van der Waals surface area (Å²) in [5.41, 5.74) is 0.215. The van der Waals surface area contributed by atoms with Crippen molar-refractivity contribution in [1.82, 2.24) is 5.32 Å². The number of hydrogen-bond acceptors (Lipinski definition) is 2. The molecule has 0 aliphatic rings. The Kier molecular flexibility index (Phi) is 5.03. The van der Waals surface area contributed by atoms with Crippen LogP contribution in [0, 0.1) is 17.6 Å². The quantitative estimate of drug-likeness (QED) is 0.825. The summed E-state index contributed by atoms with van der Waals surface area (Å²) < 4.78 is 25.8. The first kappa shape index (κ1) is 13.6. The lowest BCUT2D eigenvalue weighted by molar-refractivity contribution is -0.126. The molecule has 0 saturated carbocycles. The predicted octanol–water partition coefficient (Wildman–Crippen LogP) is 1.60. The highest BCUT2D eigenvalue weighted by Gasteiger charge is 2.15. The monoisotopic (exact) mass is 243 g/mol. The third-order valence-electron chi connectivity index (χ3n) is 2.55. The molecule has 0 radical (unpaired) electrons. The van der Waals surface area contributed by atoms with E-state index in [1.807, 2.05) is 0 Å². The fourth-order valence-corrected chi connectivity index (χ4v) is 1.39. The minimum Gasteiger partial charge on any atom is -0.396 e. The second-order valence-corrected chi connectivity index (χ2v) is 3.74. The first-order valence-electron chi connectivity index (χ1n) is 5.41. The van der Waals surface area contributed by atoms with Crippen molar-refractivity contribution in [2.24, 2.45) is 5.92 Å². The lowest BCUT2D eigenvalue weighted by Gasteiger charge is -2.12. The Hall–Kier alpha value is -1.49. The summed E-state index contributed by atoms with van der Waals surface area (Å²) in [4.78, 5) is 11.5. The average molecular weight is 243 g/mol. The maximum absolute atomic E-state index is 13.2. The Bertz CT molecular complexity index is 392. The smallest absolute Gasteiger partial charge is 0.225 e. The van der Waals surface area contributed by atoms with Crippen molar-refractivity contribution >= 4 is 5.91 Å². The Morgan fingerprint density at radius 2 is 2.18 bits per heavy atom. The van der Waals surface area contributed by atoms with Gasteiger partial charge in [-0.15, -0.1) is 0 Å². The maximum Gasteiger partial charge on any atom is 0.225 e. The number of halogens is 2. The van der Waals surface area contributed by atoms with Gasteiger partial charge in [-0.05, 0) is 12.5 Å².